The molecule has 4 nitrogen and oxygen atoms in total. The Kier molecular flexibility index (Phi) is 5.31. The Morgan fingerprint density at radius 2 is 1.95 bits per heavy atom. The Hall–Kier alpha value is -1.14. The number of rotatable bonds is 6. The minimum Gasteiger partial charge on any atom is -0.396 e. The van der Waals surface area contributed by atoms with E-state index in [2.05, 4.69) is 0 Å². The van der Waals surface area contributed by atoms with Crippen molar-refractivity contribution in [2.45, 2.75) is 38.5 Å². The van der Waals surface area contributed by atoms with Crippen molar-refractivity contribution in [2.75, 3.05) is 18.8 Å². The first-order chi connectivity index (χ1) is 8.84. The highest BCUT2D eigenvalue weighted by molar-refractivity contribution is 7.89. The lowest BCUT2D eigenvalue weighted by atomic mass is 10.2. The van der Waals surface area contributed by atoms with Crippen molar-refractivity contribution in [3.8, 4) is 0 Å². The molecular formula is C13H21FN2O2S. The van der Waals surface area contributed by atoms with Crippen LogP contribution in [0.4, 0.5) is 10.1 Å². The fraction of sp³-hybridized carbons (Fsp3) is 0.538. The van der Waals surface area contributed by atoms with Crippen LogP contribution in [-0.4, -0.2) is 25.8 Å². The zero-order valence-electron chi connectivity index (χ0n) is 11.6. The summed E-state index contributed by atoms with van der Waals surface area (Å²) in [6.07, 6.45) is 1.71. The molecule has 0 amide bonds. The van der Waals surface area contributed by atoms with Gasteiger partial charge in [0, 0.05) is 13.1 Å². The number of unbranched alkanes of at least 4 members (excludes halogenated alkanes) is 1. The number of anilines is 1. The smallest absolute Gasteiger partial charge is 0.243 e. The summed E-state index contributed by atoms with van der Waals surface area (Å²) in [5.74, 6) is -0.590. The quantitative estimate of drug-likeness (QED) is 0.818. The predicted molar refractivity (Wildman–Crippen MR) is 74.9 cm³/mol. The van der Waals surface area contributed by atoms with Crippen molar-refractivity contribution in [1.29, 1.82) is 0 Å². The van der Waals surface area contributed by atoms with Crippen molar-refractivity contribution in [2.24, 2.45) is 0 Å². The monoisotopic (exact) mass is 288 g/mol. The van der Waals surface area contributed by atoms with E-state index in [1.165, 1.54) is 10.4 Å². The van der Waals surface area contributed by atoms with Crippen LogP contribution in [0.15, 0.2) is 17.0 Å². The number of aryl methyl sites for hydroxylation is 1. The second-order valence-electron chi connectivity index (χ2n) is 4.49. The standard InChI is InChI=1S/C13H21FN2O2S/c1-4-6-7-16(5-2)19(17,18)13-9-12(15)11(14)8-10(13)3/h8-9H,4-7,15H2,1-3H3. The maximum absolute atomic E-state index is 13.3. The van der Waals surface area contributed by atoms with E-state index in [0.717, 1.165) is 18.9 Å². The molecule has 0 bridgehead atoms. The first kappa shape index (κ1) is 15.9. The molecule has 6 heteroatoms. The lowest BCUT2D eigenvalue weighted by Crippen LogP contribution is -2.32. The zero-order valence-corrected chi connectivity index (χ0v) is 12.4. The van der Waals surface area contributed by atoms with Crippen LogP contribution in [0.3, 0.4) is 0 Å². The molecule has 1 aromatic rings. The molecule has 108 valence electrons. The van der Waals surface area contributed by atoms with Crippen LogP contribution in [0.1, 0.15) is 32.3 Å². The zero-order chi connectivity index (χ0) is 14.6. The van der Waals surface area contributed by atoms with Gasteiger partial charge in [-0.2, -0.15) is 4.31 Å². The fourth-order valence-corrected chi connectivity index (χ4v) is 3.60. The number of nitrogens with two attached hydrogens (primary N) is 1. The first-order valence-corrected chi connectivity index (χ1v) is 7.84. The SMILES string of the molecule is CCCCN(CC)S(=O)(=O)c1cc(N)c(F)cc1C. The molecule has 0 aromatic heterocycles. The van der Waals surface area contributed by atoms with E-state index in [-0.39, 0.29) is 10.6 Å². The topological polar surface area (TPSA) is 63.4 Å². The molecule has 0 fully saturated rings. The fourth-order valence-electron chi connectivity index (χ4n) is 1.87. The van der Waals surface area contributed by atoms with Gasteiger partial charge < -0.3 is 5.73 Å². The van der Waals surface area contributed by atoms with Gasteiger partial charge >= 0.3 is 0 Å². The summed E-state index contributed by atoms with van der Waals surface area (Å²) in [5, 5.41) is 0. The first-order valence-electron chi connectivity index (χ1n) is 6.40. The van der Waals surface area contributed by atoms with Gasteiger partial charge in [-0.25, -0.2) is 12.8 Å². The van der Waals surface area contributed by atoms with Crippen molar-refractivity contribution in [3.05, 3.63) is 23.5 Å². The van der Waals surface area contributed by atoms with Crippen molar-refractivity contribution >= 4 is 15.7 Å². The molecule has 0 spiro atoms. The van der Waals surface area contributed by atoms with Crippen LogP contribution in [0, 0.1) is 12.7 Å². The minimum absolute atomic E-state index is 0.0874. The Morgan fingerprint density at radius 3 is 2.47 bits per heavy atom. The van der Waals surface area contributed by atoms with E-state index < -0.39 is 15.8 Å². The molecular weight excluding hydrogens is 267 g/mol. The normalized spacial score (nSPS) is 12.1. The van der Waals surface area contributed by atoms with Crippen LogP contribution >= 0.6 is 0 Å². The maximum Gasteiger partial charge on any atom is 0.243 e. The van der Waals surface area contributed by atoms with Crippen LogP contribution in [0.2, 0.25) is 0 Å². The minimum atomic E-state index is -3.61. The van der Waals surface area contributed by atoms with Gasteiger partial charge in [-0.15, -0.1) is 0 Å². The highest BCUT2D eigenvalue weighted by Crippen LogP contribution is 2.24. The van der Waals surface area contributed by atoms with Gasteiger partial charge in [-0.3, -0.25) is 0 Å². The second-order valence-corrected chi connectivity index (χ2v) is 6.40. The average molecular weight is 288 g/mol. The van der Waals surface area contributed by atoms with Gasteiger partial charge in [0.1, 0.15) is 5.82 Å². The molecule has 2 N–H and O–H groups in total. The molecule has 0 aliphatic rings. The van der Waals surface area contributed by atoms with Crippen LogP contribution in [0.25, 0.3) is 0 Å². The maximum atomic E-state index is 13.3. The lowest BCUT2D eigenvalue weighted by Gasteiger charge is -2.21. The largest absolute Gasteiger partial charge is 0.396 e. The van der Waals surface area contributed by atoms with Crippen LogP contribution in [0.5, 0.6) is 0 Å². The van der Waals surface area contributed by atoms with Gasteiger partial charge in [0.05, 0.1) is 10.6 Å². The third-order valence-electron chi connectivity index (χ3n) is 3.03. The highest BCUT2D eigenvalue weighted by Gasteiger charge is 2.25. The van der Waals surface area contributed by atoms with Crippen molar-refractivity contribution < 1.29 is 12.8 Å². The van der Waals surface area contributed by atoms with E-state index in [4.69, 9.17) is 5.73 Å². The van der Waals surface area contributed by atoms with Crippen molar-refractivity contribution in [3.63, 3.8) is 0 Å². The summed E-state index contributed by atoms with van der Waals surface area (Å²) < 4.78 is 39.7. The second kappa shape index (κ2) is 6.34. The molecule has 0 unspecified atom stereocenters. The molecule has 19 heavy (non-hydrogen) atoms. The summed E-state index contributed by atoms with van der Waals surface area (Å²) in [6.45, 7) is 6.21. The van der Waals surface area contributed by atoms with E-state index in [0.29, 0.717) is 18.7 Å². The lowest BCUT2D eigenvalue weighted by molar-refractivity contribution is 0.418. The van der Waals surface area contributed by atoms with E-state index in [1.807, 2.05) is 6.92 Å². The van der Waals surface area contributed by atoms with Gasteiger partial charge in [0.15, 0.2) is 0 Å². The summed E-state index contributed by atoms with van der Waals surface area (Å²) >= 11 is 0. The number of nitrogens with zero attached hydrogens (tertiary/aromatic N) is 1. The molecule has 0 saturated carbocycles. The number of nitrogen functional groups attached to an aromatic ring is 1. The summed E-state index contributed by atoms with van der Waals surface area (Å²) in [4.78, 5) is 0.0874. The predicted octanol–water partition coefficient (Wildman–Crippen LogP) is 2.53. The molecule has 1 rings (SSSR count). The molecule has 0 aliphatic heterocycles. The van der Waals surface area contributed by atoms with E-state index in [9.17, 15) is 12.8 Å². The van der Waals surface area contributed by atoms with E-state index >= 15 is 0 Å². The summed E-state index contributed by atoms with van der Waals surface area (Å²) in [6, 6.07) is 2.37. The number of halogens is 1. The Balaban J connectivity index is 3.22. The molecule has 0 heterocycles. The van der Waals surface area contributed by atoms with Gasteiger partial charge in [0.25, 0.3) is 0 Å². The summed E-state index contributed by atoms with van der Waals surface area (Å²) in [7, 11) is -3.61. The third kappa shape index (κ3) is 3.45. The van der Waals surface area contributed by atoms with Gasteiger partial charge in [-0.1, -0.05) is 20.3 Å². The molecule has 0 atom stereocenters. The van der Waals surface area contributed by atoms with Crippen molar-refractivity contribution in [1.82, 2.24) is 4.31 Å². The number of hydrogen-bond donors (Lipinski definition) is 1. The third-order valence-corrected chi connectivity index (χ3v) is 5.14. The van der Waals surface area contributed by atoms with Crippen LogP contribution < -0.4 is 5.73 Å². The van der Waals surface area contributed by atoms with Crippen LogP contribution in [-0.2, 0) is 10.0 Å². The molecule has 0 aliphatic carbocycles. The Bertz CT molecular complexity index is 544. The Morgan fingerprint density at radius 1 is 1.32 bits per heavy atom. The van der Waals surface area contributed by atoms with E-state index in [1.54, 1.807) is 13.8 Å². The summed E-state index contributed by atoms with van der Waals surface area (Å²) in [5.41, 5.74) is 5.70. The average Bonchev–Trinajstić information content (AvgIpc) is 2.34. The Labute approximate surface area is 114 Å². The molecule has 0 saturated heterocycles. The molecule has 0 radical (unpaired) electrons. The van der Waals surface area contributed by atoms with Gasteiger partial charge in [-0.05, 0) is 31.0 Å². The number of hydrogen-bond acceptors (Lipinski definition) is 3. The molecule has 1 aromatic carbocycles. The number of benzene rings is 1. The number of sulfonamides is 1. The highest BCUT2D eigenvalue weighted by atomic mass is 32.2. The van der Waals surface area contributed by atoms with Gasteiger partial charge in [0.2, 0.25) is 10.0 Å².